The van der Waals surface area contributed by atoms with Crippen LogP contribution >= 0.6 is 0 Å². The molecular formula is C26H34N2O3. The Morgan fingerprint density at radius 2 is 1.74 bits per heavy atom. The molecule has 0 aliphatic carbocycles. The third kappa shape index (κ3) is 5.40. The number of nitrogens with one attached hydrogen (secondary N) is 1. The van der Waals surface area contributed by atoms with Crippen LogP contribution in [0.5, 0.6) is 11.5 Å². The van der Waals surface area contributed by atoms with Gasteiger partial charge in [0.05, 0.1) is 14.2 Å². The van der Waals surface area contributed by atoms with Crippen LogP contribution in [-0.2, 0) is 11.3 Å². The monoisotopic (exact) mass is 422 g/mol. The molecule has 0 spiro atoms. The normalized spacial score (nSPS) is 12.0. The van der Waals surface area contributed by atoms with Crippen LogP contribution in [0.15, 0.2) is 48.7 Å². The van der Waals surface area contributed by atoms with Crippen molar-refractivity contribution in [3.8, 4) is 11.5 Å². The molecule has 3 aromatic rings. The molecule has 0 saturated heterocycles. The van der Waals surface area contributed by atoms with Crippen molar-refractivity contribution in [2.45, 2.75) is 52.0 Å². The van der Waals surface area contributed by atoms with Crippen LogP contribution in [0.4, 0.5) is 0 Å². The van der Waals surface area contributed by atoms with Gasteiger partial charge < -0.3 is 19.4 Å². The molecule has 0 aliphatic rings. The quantitative estimate of drug-likeness (QED) is 0.415. The van der Waals surface area contributed by atoms with Crippen LogP contribution in [0.25, 0.3) is 10.9 Å². The van der Waals surface area contributed by atoms with Gasteiger partial charge in [-0.1, -0.05) is 38.0 Å². The number of fused-ring (bicyclic) bond motifs is 1. The third-order valence-electron chi connectivity index (χ3n) is 5.80. The largest absolute Gasteiger partial charge is 0.497 e. The molecule has 3 rings (SSSR count). The molecule has 0 radical (unpaired) electrons. The third-order valence-corrected chi connectivity index (χ3v) is 5.80. The summed E-state index contributed by atoms with van der Waals surface area (Å²) in [5.74, 6) is 1.41. The molecular weight excluding hydrogens is 388 g/mol. The zero-order chi connectivity index (χ0) is 22.2. The number of carbonyl (C=O) groups excluding carboxylic acids is 1. The second-order valence-corrected chi connectivity index (χ2v) is 7.85. The van der Waals surface area contributed by atoms with E-state index in [2.05, 4.69) is 54.2 Å². The summed E-state index contributed by atoms with van der Waals surface area (Å²) in [4.78, 5) is 12.9. The topological polar surface area (TPSA) is 52.5 Å². The second kappa shape index (κ2) is 10.9. The smallest absolute Gasteiger partial charge is 0.220 e. The van der Waals surface area contributed by atoms with Gasteiger partial charge in [0, 0.05) is 48.6 Å². The molecule has 5 nitrogen and oxygen atoms in total. The van der Waals surface area contributed by atoms with Crippen LogP contribution in [0, 0.1) is 0 Å². The second-order valence-electron chi connectivity index (χ2n) is 7.85. The van der Waals surface area contributed by atoms with Crippen LogP contribution in [0.2, 0.25) is 0 Å². The van der Waals surface area contributed by atoms with Gasteiger partial charge in [0.1, 0.15) is 11.5 Å². The van der Waals surface area contributed by atoms with Crippen LogP contribution in [-0.4, -0.2) is 31.2 Å². The average molecular weight is 423 g/mol. The molecule has 0 fully saturated rings. The Balaban J connectivity index is 2.03. The van der Waals surface area contributed by atoms with Gasteiger partial charge in [-0.15, -0.1) is 0 Å². The maximum atomic E-state index is 12.9. The Morgan fingerprint density at radius 1 is 1.03 bits per heavy atom. The lowest BCUT2D eigenvalue weighted by molar-refractivity contribution is -0.121. The molecule has 166 valence electrons. The average Bonchev–Trinajstić information content (AvgIpc) is 3.18. The number of unbranched alkanes of at least 4 members (excludes halogenated alkanes) is 2. The fourth-order valence-corrected chi connectivity index (χ4v) is 4.11. The van der Waals surface area contributed by atoms with E-state index < -0.39 is 0 Å². The van der Waals surface area contributed by atoms with Gasteiger partial charge in [0.2, 0.25) is 5.91 Å². The summed E-state index contributed by atoms with van der Waals surface area (Å²) in [6.45, 7) is 5.90. The van der Waals surface area contributed by atoms with Crippen molar-refractivity contribution in [1.82, 2.24) is 9.88 Å². The molecule has 1 amide bonds. The summed E-state index contributed by atoms with van der Waals surface area (Å²) in [7, 11) is 3.30. The van der Waals surface area contributed by atoms with Crippen LogP contribution in [0.3, 0.4) is 0 Å². The van der Waals surface area contributed by atoms with Gasteiger partial charge >= 0.3 is 0 Å². The molecule has 0 saturated carbocycles. The number of aryl methyl sites for hydroxylation is 1. The molecule has 1 atom stereocenters. The Hall–Kier alpha value is -2.95. The minimum Gasteiger partial charge on any atom is -0.497 e. The lowest BCUT2D eigenvalue weighted by Crippen LogP contribution is -2.26. The lowest BCUT2D eigenvalue weighted by atomic mass is 9.87. The first-order valence-corrected chi connectivity index (χ1v) is 11.2. The van der Waals surface area contributed by atoms with E-state index in [1.54, 1.807) is 14.2 Å². The number of amides is 1. The summed E-state index contributed by atoms with van der Waals surface area (Å²) < 4.78 is 13.3. The van der Waals surface area contributed by atoms with E-state index in [4.69, 9.17) is 9.47 Å². The highest BCUT2D eigenvalue weighted by Crippen LogP contribution is 2.37. The van der Waals surface area contributed by atoms with E-state index in [-0.39, 0.29) is 11.8 Å². The van der Waals surface area contributed by atoms with Gasteiger partial charge in [0.15, 0.2) is 0 Å². The standard InChI is InChI=1S/C26H34N2O3/c1-5-7-10-13-27-26(29)17-23(19-14-20(30-3)16-21(15-19)31-4)24-18-28(6-2)25-12-9-8-11-22(24)25/h8-9,11-12,14-16,18,23H,5-7,10,13,17H2,1-4H3,(H,27,29)/t23-/m0/s1. The number of carbonyl (C=O) groups is 1. The highest BCUT2D eigenvalue weighted by molar-refractivity contribution is 5.86. The van der Waals surface area contributed by atoms with Gasteiger partial charge in [0.25, 0.3) is 0 Å². The maximum Gasteiger partial charge on any atom is 0.220 e. The van der Waals surface area contributed by atoms with E-state index in [1.165, 1.54) is 10.9 Å². The molecule has 0 unspecified atom stereocenters. The van der Waals surface area contributed by atoms with Gasteiger partial charge in [-0.3, -0.25) is 4.79 Å². The van der Waals surface area contributed by atoms with E-state index in [0.717, 1.165) is 55.0 Å². The predicted molar refractivity (Wildman–Crippen MR) is 126 cm³/mol. The Kier molecular flexibility index (Phi) is 7.99. The van der Waals surface area contributed by atoms with Crippen molar-refractivity contribution in [2.24, 2.45) is 0 Å². The highest BCUT2D eigenvalue weighted by atomic mass is 16.5. The molecule has 2 aromatic carbocycles. The number of aromatic nitrogens is 1. The first-order chi connectivity index (χ1) is 15.1. The molecule has 1 aromatic heterocycles. The molecule has 0 bridgehead atoms. The fraction of sp³-hybridized carbons (Fsp3) is 0.423. The molecule has 0 aliphatic heterocycles. The van der Waals surface area contributed by atoms with Gasteiger partial charge in [-0.25, -0.2) is 0 Å². The summed E-state index contributed by atoms with van der Waals surface area (Å²) in [5, 5.41) is 4.28. The van der Waals surface area contributed by atoms with Crippen LogP contribution in [0.1, 0.15) is 56.6 Å². The zero-order valence-electron chi connectivity index (χ0n) is 19.1. The highest BCUT2D eigenvalue weighted by Gasteiger charge is 2.24. The first-order valence-electron chi connectivity index (χ1n) is 11.2. The minimum atomic E-state index is -0.104. The predicted octanol–water partition coefficient (Wildman–Crippen LogP) is 5.51. The van der Waals surface area contributed by atoms with Gasteiger partial charge in [-0.05, 0) is 42.7 Å². The number of hydrogen-bond donors (Lipinski definition) is 1. The minimum absolute atomic E-state index is 0.0659. The first kappa shape index (κ1) is 22.7. The summed E-state index contributed by atoms with van der Waals surface area (Å²) in [6, 6.07) is 14.3. The number of methoxy groups -OCH3 is 2. The van der Waals surface area contributed by atoms with Crippen LogP contribution < -0.4 is 14.8 Å². The summed E-state index contributed by atoms with van der Waals surface area (Å²) >= 11 is 0. The molecule has 5 heteroatoms. The fourth-order valence-electron chi connectivity index (χ4n) is 4.11. The summed E-state index contributed by atoms with van der Waals surface area (Å²) in [6.07, 6.45) is 5.83. The number of para-hydroxylation sites is 1. The van der Waals surface area contributed by atoms with E-state index in [9.17, 15) is 4.79 Å². The van der Waals surface area contributed by atoms with E-state index in [1.807, 2.05) is 18.2 Å². The van der Waals surface area contributed by atoms with Gasteiger partial charge in [-0.2, -0.15) is 0 Å². The molecule has 1 heterocycles. The van der Waals surface area contributed by atoms with Crippen molar-refractivity contribution in [3.63, 3.8) is 0 Å². The number of nitrogens with zero attached hydrogens (tertiary/aromatic N) is 1. The Bertz CT molecular complexity index is 987. The SMILES string of the molecule is CCCCCNC(=O)C[C@@H](c1cc(OC)cc(OC)c1)c1cn(CC)c2ccccc12. The van der Waals surface area contributed by atoms with Crippen molar-refractivity contribution >= 4 is 16.8 Å². The maximum absolute atomic E-state index is 12.9. The van der Waals surface area contributed by atoms with Crippen molar-refractivity contribution in [1.29, 1.82) is 0 Å². The Labute approximate surface area is 185 Å². The number of ether oxygens (including phenoxy) is 2. The van der Waals surface area contributed by atoms with Crippen molar-refractivity contribution in [2.75, 3.05) is 20.8 Å². The zero-order valence-corrected chi connectivity index (χ0v) is 19.1. The molecule has 1 N–H and O–H groups in total. The number of rotatable bonds is 11. The number of benzene rings is 2. The number of hydrogen-bond acceptors (Lipinski definition) is 3. The summed E-state index contributed by atoms with van der Waals surface area (Å²) in [5.41, 5.74) is 3.35. The van der Waals surface area contributed by atoms with Crippen molar-refractivity contribution < 1.29 is 14.3 Å². The van der Waals surface area contributed by atoms with Crippen molar-refractivity contribution in [3.05, 3.63) is 59.8 Å². The Morgan fingerprint density at radius 3 is 2.39 bits per heavy atom. The van der Waals surface area contributed by atoms with E-state index in [0.29, 0.717) is 6.42 Å². The lowest BCUT2D eigenvalue weighted by Gasteiger charge is -2.19. The van der Waals surface area contributed by atoms with E-state index >= 15 is 0 Å². The molecule has 31 heavy (non-hydrogen) atoms.